The maximum atomic E-state index is 5.16. The molecule has 0 fully saturated rings. The lowest BCUT2D eigenvalue weighted by molar-refractivity contribution is 0.769. The van der Waals surface area contributed by atoms with Crippen LogP contribution in [0.15, 0.2) is 200 Å². The summed E-state index contributed by atoms with van der Waals surface area (Å²) in [6, 6.07) is 72.2. The maximum absolute atomic E-state index is 5.16. The van der Waals surface area contributed by atoms with E-state index in [2.05, 4.69) is 194 Å². The number of aromatic nitrogens is 1. The predicted molar refractivity (Wildman–Crippen MR) is 203 cm³/mol. The van der Waals surface area contributed by atoms with Gasteiger partial charge in [-0.25, -0.2) is 4.98 Å². The molecule has 1 heterocycles. The molecule has 0 amide bonds. The van der Waals surface area contributed by atoms with Crippen molar-refractivity contribution in [3.05, 3.63) is 222 Å². The summed E-state index contributed by atoms with van der Waals surface area (Å²) >= 11 is 0. The van der Waals surface area contributed by atoms with Crippen LogP contribution in [-0.4, -0.2) is 4.98 Å². The quantitative estimate of drug-likeness (QED) is 0.180. The Hall–Kier alpha value is -6.31. The van der Waals surface area contributed by atoms with Gasteiger partial charge in [0, 0.05) is 11.1 Å². The zero-order valence-electron chi connectivity index (χ0n) is 27.0. The van der Waals surface area contributed by atoms with Crippen LogP contribution in [0.3, 0.4) is 0 Å². The second kappa shape index (κ2) is 12.0. The van der Waals surface area contributed by atoms with E-state index < -0.39 is 5.41 Å². The molecule has 0 bridgehead atoms. The van der Waals surface area contributed by atoms with E-state index in [0.717, 1.165) is 28.1 Å². The molecule has 1 aliphatic rings. The molecule has 1 nitrogen and oxygen atoms in total. The molecule has 0 spiro atoms. The zero-order valence-corrected chi connectivity index (χ0v) is 27.0. The monoisotopic (exact) mass is 623 g/mol. The van der Waals surface area contributed by atoms with Gasteiger partial charge in [0.2, 0.25) is 0 Å². The SMILES string of the molecule is c1ccc(-c2cc(-c3ccccc3)nc(-c3ccc(-c4ccc5c(c4)C(c4ccccc4)(c4ccccc4)c4ccccc4-5)cc3)c2)cc1. The first-order valence-corrected chi connectivity index (χ1v) is 16.9. The molecule has 1 aromatic heterocycles. The van der Waals surface area contributed by atoms with E-state index in [0.29, 0.717) is 0 Å². The summed E-state index contributed by atoms with van der Waals surface area (Å²) < 4.78 is 0. The molecule has 1 heteroatoms. The van der Waals surface area contributed by atoms with E-state index in [9.17, 15) is 0 Å². The predicted octanol–water partition coefficient (Wildman–Crippen LogP) is 12.1. The number of nitrogens with zero attached hydrogens (tertiary/aromatic N) is 1. The Labute approximate surface area is 287 Å². The molecule has 8 aromatic rings. The van der Waals surface area contributed by atoms with Crippen molar-refractivity contribution in [2.75, 3.05) is 0 Å². The van der Waals surface area contributed by atoms with Crippen molar-refractivity contribution >= 4 is 0 Å². The van der Waals surface area contributed by atoms with E-state index in [1.807, 2.05) is 6.07 Å². The van der Waals surface area contributed by atoms with Gasteiger partial charge < -0.3 is 0 Å². The molecule has 0 N–H and O–H groups in total. The smallest absolute Gasteiger partial charge is 0.0715 e. The second-order valence-electron chi connectivity index (χ2n) is 12.7. The minimum absolute atomic E-state index is 0.417. The molecule has 1 aliphatic carbocycles. The molecule has 0 aliphatic heterocycles. The highest BCUT2D eigenvalue weighted by atomic mass is 14.7. The van der Waals surface area contributed by atoms with E-state index in [-0.39, 0.29) is 0 Å². The van der Waals surface area contributed by atoms with Crippen LogP contribution in [0.25, 0.3) is 55.9 Å². The zero-order chi connectivity index (χ0) is 32.6. The number of hydrogen-bond acceptors (Lipinski definition) is 1. The Morgan fingerprint density at radius 1 is 0.286 bits per heavy atom. The second-order valence-corrected chi connectivity index (χ2v) is 12.7. The minimum Gasteiger partial charge on any atom is -0.248 e. The fourth-order valence-electron chi connectivity index (χ4n) is 7.69. The van der Waals surface area contributed by atoms with Crippen LogP contribution in [0.2, 0.25) is 0 Å². The van der Waals surface area contributed by atoms with Gasteiger partial charge in [-0.05, 0) is 73.8 Å². The van der Waals surface area contributed by atoms with Gasteiger partial charge in [-0.2, -0.15) is 0 Å². The first-order valence-electron chi connectivity index (χ1n) is 16.9. The van der Waals surface area contributed by atoms with Crippen molar-refractivity contribution in [2.45, 2.75) is 5.41 Å². The van der Waals surface area contributed by atoms with Crippen LogP contribution in [0.4, 0.5) is 0 Å². The number of fused-ring (bicyclic) bond motifs is 3. The lowest BCUT2D eigenvalue weighted by Crippen LogP contribution is -2.28. The van der Waals surface area contributed by atoms with E-state index in [4.69, 9.17) is 4.98 Å². The van der Waals surface area contributed by atoms with Crippen LogP contribution in [-0.2, 0) is 5.41 Å². The van der Waals surface area contributed by atoms with Gasteiger partial charge in [-0.15, -0.1) is 0 Å². The fourth-order valence-corrected chi connectivity index (χ4v) is 7.69. The lowest BCUT2D eigenvalue weighted by Gasteiger charge is -2.34. The Bertz CT molecular complexity index is 2300. The first kappa shape index (κ1) is 28.9. The normalized spacial score (nSPS) is 12.7. The van der Waals surface area contributed by atoms with Crippen LogP contribution in [0.5, 0.6) is 0 Å². The van der Waals surface area contributed by atoms with Gasteiger partial charge in [0.25, 0.3) is 0 Å². The summed E-state index contributed by atoms with van der Waals surface area (Å²) in [6.45, 7) is 0. The molecular formula is C48H33N. The molecule has 0 unspecified atom stereocenters. The number of rotatable bonds is 6. The molecular weight excluding hydrogens is 591 g/mol. The number of pyridine rings is 1. The third-order valence-corrected chi connectivity index (χ3v) is 9.97. The third-order valence-electron chi connectivity index (χ3n) is 9.97. The highest BCUT2D eigenvalue weighted by Gasteiger charge is 2.46. The average molecular weight is 624 g/mol. The average Bonchev–Trinajstić information content (AvgIpc) is 3.49. The molecule has 49 heavy (non-hydrogen) atoms. The topological polar surface area (TPSA) is 12.9 Å². The molecule has 0 saturated heterocycles. The van der Waals surface area contributed by atoms with Gasteiger partial charge in [0.05, 0.1) is 16.8 Å². The molecule has 230 valence electrons. The number of benzene rings is 7. The van der Waals surface area contributed by atoms with Crippen LogP contribution in [0.1, 0.15) is 22.3 Å². The van der Waals surface area contributed by atoms with E-state index in [1.165, 1.54) is 50.1 Å². The standard InChI is InChI=1S/C48H33N/c1-5-15-34(16-6-1)39-32-46(36-17-7-2-8-18-36)49-47(33-39)37-27-25-35(26-28-37)38-29-30-43-42-23-13-14-24-44(42)48(45(43)31-38,40-19-9-3-10-20-40)41-21-11-4-12-22-41/h1-33H. The highest BCUT2D eigenvalue weighted by molar-refractivity contribution is 5.88. The van der Waals surface area contributed by atoms with Crippen LogP contribution in [0, 0.1) is 0 Å². The van der Waals surface area contributed by atoms with Gasteiger partial charge in [-0.3, -0.25) is 0 Å². The summed E-state index contributed by atoms with van der Waals surface area (Å²) in [7, 11) is 0. The lowest BCUT2D eigenvalue weighted by atomic mass is 9.67. The van der Waals surface area contributed by atoms with Crippen molar-refractivity contribution in [2.24, 2.45) is 0 Å². The van der Waals surface area contributed by atoms with Gasteiger partial charge >= 0.3 is 0 Å². The highest BCUT2D eigenvalue weighted by Crippen LogP contribution is 2.56. The van der Waals surface area contributed by atoms with Crippen molar-refractivity contribution in [1.82, 2.24) is 4.98 Å². The van der Waals surface area contributed by atoms with E-state index >= 15 is 0 Å². The molecule has 0 atom stereocenters. The fraction of sp³-hybridized carbons (Fsp3) is 0.0208. The molecule has 0 saturated carbocycles. The van der Waals surface area contributed by atoms with Gasteiger partial charge in [0.1, 0.15) is 0 Å². The Kier molecular flexibility index (Phi) is 7.10. The van der Waals surface area contributed by atoms with Crippen LogP contribution < -0.4 is 0 Å². The van der Waals surface area contributed by atoms with Gasteiger partial charge in [-0.1, -0.05) is 182 Å². The largest absolute Gasteiger partial charge is 0.248 e. The Morgan fingerprint density at radius 3 is 1.33 bits per heavy atom. The third kappa shape index (κ3) is 4.91. The van der Waals surface area contributed by atoms with Crippen LogP contribution >= 0.6 is 0 Å². The van der Waals surface area contributed by atoms with Gasteiger partial charge in [0.15, 0.2) is 0 Å². The van der Waals surface area contributed by atoms with Crippen molar-refractivity contribution in [3.8, 4) is 55.9 Å². The summed E-state index contributed by atoms with van der Waals surface area (Å²) in [4.78, 5) is 5.16. The Balaban J connectivity index is 1.17. The van der Waals surface area contributed by atoms with Crippen molar-refractivity contribution < 1.29 is 0 Å². The van der Waals surface area contributed by atoms with Crippen molar-refractivity contribution in [3.63, 3.8) is 0 Å². The van der Waals surface area contributed by atoms with E-state index in [1.54, 1.807) is 0 Å². The van der Waals surface area contributed by atoms with Crippen molar-refractivity contribution in [1.29, 1.82) is 0 Å². The summed E-state index contributed by atoms with van der Waals surface area (Å²) in [5.41, 5.74) is 16.2. The Morgan fingerprint density at radius 2 is 0.714 bits per heavy atom. The minimum atomic E-state index is -0.417. The number of hydrogen-bond donors (Lipinski definition) is 0. The first-order chi connectivity index (χ1) is 24.3. The summed E-state index contributed by atoms with van der Waals surface area (Å²) in [5, 5.41) is 0. The molecule has 9 rings (SSSR count). The molecule has 0 radical (unpaired) electrons. The summed E-state index contributed by atoms with van der Waals surface area (Å²) in [6.07, 6.45) is 0. The maximum Gasteiger partial charge on any atom is 0.0715 e. The summed E-state index contributed by atoms with van der Waals surface area (Å²) in [5.74, 6) is 0. The molecule has 7 aromatic carbocycles.